The second-order valence-corrected chi connectivity index (χ2v) is 10.1. The zero-order valence-electron chi connectivity index (χ0n) is 17.4. The maximum atomic E-state index is 12.4. The molecule has 162 valence electrons. The molecule has 4 atom stereocenters. The minimum atomic E-state index is -1.04. The number of amides is 2. The molecular formula is C24H27N3O4. The summed E-state index contributed by atoms with van der Waals surface area (Å²) in [6.07, 6.45) is 6.45. The van der Waals surface area contributed by atoms with Gasteiger partial charge in [-0.2, -0.15) is 0 Å². The summed E-state index contributed by atoms with van der Waals surface area (Å²) in [4.78, 5) is 30.9. The van der Waals surface area contributed by atoms with Crippen LogP contribution in [0, 0.1) is 11.8 Å². The first-order valence-electron chi connectivity index (χ1n) is 11.2. The molecule has 31 heavy (non-hydrogen) atoms. The molecular weight excluding hydrogens is 394 g/mol. The van der Waals surface area contributed by atoms with Crippen molar-refractivity contribution in [1.82, 2.24) is 4.90 Å². The highest BCUT2D eigenvalue weighted by Crippen LogP contribution is 2.59. The van der Waals surface area contributed by atoms with E-state index in [4.69, 9.17) is 5.73 Å². The molecule has 1 saturated heterocycles. The summed E-state index contributed by atoms with van der Waals surface area (Å²) in [6, 6.07) is 5.45. The number of allylic oxidation sites excluding steroid dienone is 1. The fourth-order valence-corrected chi connectivity index (χ4v) is 6.73. The largest absolute Gasteiger partial charge is 0.508 e. The van der Waals surface area contributed by atoms with Crippen LogP contribution in [0.15, 0.2) is 34.8 Å². The van der Waals surface area contributed by atoms with Gasteiger partial charge in [0, 0.05) is 29.6 Å². The Morgan fingerprint density at radius 2 is 2.13 bits per heavy atom. The lowest BCUT2D eigenvalue weighted by Crippen LogP contribution is -2.74. The van der Waals surface area contributed by atoms with Crippen molar-refractivity contribution < 1.29 is 19.8 Å². The molecule has 6 rings (SSSR count). The first-order chi connectivity index (χ1) is 14.8. The van der Waals surface area contributed by atoms with E-state index in [9.17, 15) is 19.8 Å². The number of aromatic hydroxyl groups is 1. The lowest BCUT2D eigenvalue weighted by atomic mass is 9.47. The number of hydrogen-bond acceptors (Lipinski definition) is 5. The minimum Gasteiger partial charge on any atom is -0.508 e. The van der Waals surface area contributed by atoms with Crippen molar-refractivity contribution in [1.29, 1.82) is 0 Å². The van der Waals surface area contributed by atoms with Crippen LogP contribution in [-0.2, 0) is 21.4 Å². The number of hydrogen-bond donors (Lipinski definition) is 3. The van der Waals surface area contributed by atoms with Gasteiger partial charge in [0.2, 0.25) is 0 Å². The van der Waals surface area contributed by atoms with Crippen LogP contribution < -0.4 is 5.73 Å². The van der Waals surface area contributed by atoms with E-state index in [2.05, 4.69) is 9.89 Å². The number of phenolic OH excluding ortho intramolecular Hbond substituents is 1. The number of nitrogens with zero attached hydrogens (tertiary/aromatic N) is 2. The van der Waals surface area contributed by atoms with E-state index in [1.54, 1.807) is 18.2 Å². The molecule has 2 amide bonds. The average Bonchev–Trinajstić information content (AvgIpc) is 3.53. The molecule has 3 fully saturated rings. The molecule has 4 N–H and O–H groups in total. The molecule has 3 aliphatic carbocycles. The van der Waals surface area contributed by atoms with Gasteiger partial charge in [0.05, 0.1) is 5.60 Å². The third kappa shape index (κ3) is 2.62. The molecule has 0 radical (unpaired) electrons. The Hall–Kier alpha value is -2.51. The van der Waals surface area contributed by atoms with Crippen molar-refractivity contribution in [2.75, 3.05) is 13.1 Å². The van der Waals surface area contributed by atoms with E-state index in [1.807, 2.05) is 6.07 Å². The highest BCUT2D eigenvalue weighted by atomic mass is 16.3. The van der Waals surface area contributed by atoms with Gasteiger partial charge in [0.1, 0.15) is 11.3 Å². The summed E-state index contributed by atoms with van der Waals surface area (Å²) in [7, 11) is 0. The lowest BCUT2D eigenvalue weighted by molar-refractivity contribution is -0.158. The fraction of sp³-hybridized carbons (Fsp3) is 0.542. The van der Waals surface area contributed by atoms with Gasteiger partial charge < -0.3 is 15.9 Å². The molecule has 2 heterocycles. The predicted molar refractivity (Wildman–Crippen MR) is 114 cm³/mol. The van der Waals surface area contributed by atoms with E-state index < -0.39 is 22.8 Å². The van der Waals surface area contributed by atoms with Gasteiger partial charge in [0.15, 0.2) is 0 Å². The maximum Gasteiger partial charge on any atom is 0.282 e. The molecule has 2 bridgehead atoms. The number of carbonyl (C=O) groups is 2. The first-order valence-corrected chi connectivity index (χ1v) is 11.2. The van der Waals surface area contributed by atoms with Gasteiger partial charge in [-0.1, -0.05) is 12.1 Å². The number of benzene rings is 1. The summed E-state index contributed by atoms with van der Waals surface area (Å²) in [5.74, 6) is -0.730. The summed E-state index contributed by atoms with van der Waals surface area (Å²) in [6.45, 7) is 1.88. The Morgan fingerprint density at radius 3 is 2.87 bits per heavy atom. The normalized spacial score (nSPS) is 36.6. The standard InChI is InChI=1S/C24H27N3O4/c25-21(29)17-7-15-10-24(31)20-8-14-3-4-16(28)9-18(14)23(24,11-19(15)26-22(17)30)5-6-27(20)12-13-1-2-13/h3-4,7,9,13,15,20,28,31H,1-2,5-6,8,10-12H2,(H2,25,29)/t15?,20-,23-,24-/m1/s1. The third-order valence-corrected chi connectivity index (χ3v) is 8.41. The highest BCUT2D eigenvalue weighted by Gasteiger charge is 2.66. The van der Waals surface area contributed by atoms with Gasteiger partial charge in [0.25, 0.3) is 11.8 Å². The number of fused-ring (bicyclic) bond motifs is 2. The van der Waals surface area contributed by atoms with Crippen LogP contribution in [0.5, 0.6) is 5.75 Å². The predicted octanol–water partition coefficient (Wildman–Crippen LogP) is 1.20. The third-order valence-electron chi connectivity index (χ3n) is 8.41. The molecule has 1 aromatic rings. The zero-order chi connectivity index (χ0) is 21.5. The van der Waals surface area contributed by atoms with Crippen LogP contribution in [-0.4, -0.2) is 57.4 Å². The van der Waals surface area contributed by atoms with Gasteiger partial charge in [-0.3, -0.25) is 14.5 Å². The Labute approximate surface area is 180 Å². The molecule has 7 heteroatoms. The second-order valence-electron chi connectivity index (χ2n) is 10.1. The van der Waals surface area contributed by atoms with Crippen molar-refractivity contribution in [3.8, 4) is 5.75 Å². The quantitative estimate of drug-likeness (QED) is 0.635. The van der Waals surface area contributed by atoms with Gasteiger partial charge in [-0.05, 0) is 74.2 Å². The van der Waals surface area contributed by atoms with Crippen molar-refractivity contribution in [3.63, 3.8) is 0 Å². The van der Waals surface area contributed by atoms with Crippen molar-refractivity contribution in [3.05, 3.63) is 41.0 Å². The van der Waals surface area contributed by atoms with Gasteiger partial charge in [-0.25, -0.2) is 4.99 Å². The number of primary amides is 1. The molecule has 7 nitrogen and oxygen atoms in total. The van der Waals surface area contributed by atoms with E-state index in [0.717, 1.165) is 37.1 Å². The topological polar surface area (TPSA) is 116 Å². The molecule has 0 spiro atoms. The Morgan fingerprint density at radius 1 is 1.32 bits per heavy atom. The summed E-state index contributed by atoms with van der Waals surface area (Å²) in [5.41, 5.74) is 6.53. The number of rotatable bonds is 3. The van der Waals surface area contributed by atoms with E-state index in [-0.39, 0.29) is 23.3 Å². The van der Waals surface area contributed by atoms with Crippen LogP contribution >= 0.6 is 0 Å². The van der Waals surface area contributed by atoms with E-state index >= 15 is 0 Å². The van der Waals surface area contributed by atoms with Crippen molar-refractivity contribution in [2.45, 2.75) is 55.6 Å². The zero-order valence-corrected chi connectivity index (χ0v) is 17.4. The van der Waals surface area contributed by atoms with E-state index in [1.165, 1.54) is 12.8 Å². The SMILES string of the molecule is NC(=O)C1=CC2C[C@@]3(O)[C@H]4Cc5ccc(O)cc5[C@@]3(CCN4CC3CC3)CC2=NC1=O. The number of aliphatic hydroxyl groups is 1. The number of nitrogens with two attached hydrogens (primary N) is 1. The molecule has 1 unspecified atom stereocenters. The van der Waals surface area contributed by atoms with Gasteiger partial charge in [-0.15, -0.1) is 0 Å². The van der Waals surface area contributed by atoms with Crippen LogP contribution in [0.2, 0.25) is 0 Å². The minimum absolute atomic E-state index is 0.0384. The second kappa shape index (κ2) is 6.26. The van der Waals surface area contributed by atoms with Crippen LogP contribution in [0.3, 0.4) is 0 Å². The van der Waals surface area contributed by atoms with Crippen LogP contribution in [0.4, 0.5) is 0 Å². The Balaban J connectivity index is 1.49. The van der Waals surface area contributed by atoms with Gasteiger partial charge >= 0.3 is 0 Å². The highest BCUT2D eigenvalue weighted by molar-refractivity contribution is 6.23. The number of phenols is 1. The fourth-order valence-electron chi connectivity index (χ4n) is 6.73. The van der Waals surface area contributed by atoms with Crippen LogP contribution in [0.25, 0.3) is 0 Å². The summed E-state index contributed by atoms with van der Waals surface area (Å²) >= 11 is 0. The Bertz CT molecular complexity index is 1070. The van der Waals surface area contributed by atoms with Crippen molar-refractivity contribution in [2.24, 2.45) is 22.6 Å². The average molecular weight is 421 g/mol. The maximum absolute atomic E-state index is 12.4. The van der Waals surface area contributed by atoms with Crippen LogP contribution in [0.1, 0.15) is 43.2 Å². The number of dihydropyridines is 1. The first kappa shape index (κ1) is 19.2. The molecule has 0 aromatic heterocycles. The molecule has 1 aromatic carbocycles. The number of aliphatic imine (C=N–C) groups is 1. The summed E-state index contributed by atoms with van der Waals surface area (Å²) in [5, 5.41) is 22.7. The smallest absolute Gasteiger partial charge is 0.282 e. The number of likely N-dealkylation sites (tertiary alicyclic amines) is 1. The molecule has 2 aliphatic heterocycles. The monoisotopic (exact) mass is 421 g/mol. The number of piperidine rings is 1. The number of carbonyl (C=O) groups excluding carboxylic acids is 2. The lowest BCUT2D eigenvalue weighted by Gasteiger charge is -2.65. The van der Waals surface area contributed by atoms with Crippen molar-refractivity contribution >= 4 is 17.5 Å². The Kier molecular flexibility index (Phi) is 3.88. The van der Waals surface area contributed by atoms with E-state index in [0.29, 0.717) is 24.5 Å². The molecule has 5 aliphatic rings. The molecule has 2 saturated carbocycles. The summed E-state index contributed by atoms with van der Waals surface area (Å²) < 4.78 is 0.